The third kappa shape index (κ3) is 3.32. The van der Waals surface area contributed by atoms with Crippen LogP contribution in [0.5, 0.6) is 0 Å². The van der Waals surface area contributed by atoms with E-state index in [0.717, 1.165) is 44.1 Å². The van der Waals surface area contributed by atoms with E-state index in [1.165, 1.54) is 11.3 Å². The minimum Gasteiger partial charge on any atom is -0.370 e. The van der Waals surface area contributed by atoms with E-state index in [0.29, 0.717) is 0 Å². The fourth-order valence-electron chi connectivity index (χ4n) is 2.77. The van der Waals surface area contributed by atoms with Crippen molar-refractivity contribution in [2.75, 3.05) is 36.0 Å². The van der Waals surface area contributed by atoms with Crippen LogP contribution in [0.15, 0.2) is 36.7 Å². The Hall–Kier alpha value is -2.10. The van der Waals surface area contributed by atoms with Crippen LogP contribution in [0, 0.1) is 13.8 Å². The first-order chi connectivity index (χ1) is 10.2. The number of aromatic nitrogens is 2. The quantitative estimate of drug-likeness (QED) is 0.848. The van der Waals surface area contributed by atoms with Crippen LogP contribution in [0.2, 0.25) is 0 Å². The zero-order chi connectivity index (χ0) is 14.7. The van der Waals surface area contributed by atoms with Crippen molar-refractivity contribution in [1.29, 1.82) is 0 Å². The third-order valence-corrected chi connectivity index (χ3v) is 4.01. The van der Waals surface area contributed by atoms with Crippen molar-refractivity contribution in [3.05, 3.63) is 47.9 Å². The molecular weight excluding hydrogens is 260 g/mol. The van der Waals surface area contributed by atoms with Gasteiger partial charge in [0.05, 0.1) is 0 Å². The predicted molar refractivity (Wildman–Crippen MR) is 87.0 cm³/mol. The standard InChI is InChI=1S/C17H22N4/c1-14-4-6-16(7-5-14)20-8-3-9-21(11-10-20)17-12-15(2)18-13-19-17/h4-7,12-13H,3,8-11H2,1-2H3. The minimum absolute atomic E-state index is 1.00. The van der Waals surface area contributed by atoms with Crippen LogP contribution in [0.25, 0.3) is 0 Å². The molecule has 0 bridgehead atoms. The van der Waals surface area contributed by atoms with Crippen molar-refractivity contribution < 1.29 is 0 Å². The SMILES string of the molecule is Cc1ccc(N2CCCN(c3cc(C)ncn3)CC2)cc1. The van der Waals surface area contributed by atoms with Crippen molar-refractivity contribution in [2.45, 2.75) is 20.3 Å². The van der Waals surface area contributed by atoms with Crippen LogP contribution in [0.1, 0.15) is 17.7 Å². The molecule has 1 saturated heterocycles. The molecule has 3 rings (SSSR count). The van der Waals surface area contributed by atoms with Gasteiger partial charge in [0.15, 0.2) is 0 Å². The van der Waals surface area contributed by atoms with Crippen LogP contribution in [-0.4, -0.2) is 36.1 Å². The zero-order valence-corrected chi connectivity index (χ0v) is 12.8. The molecule has 1 aromatic heterocycles. The maximum absolute atomic E-state index is 4.41. The molecule has 110 valence electrons. The molecule has 0 N–H and O–H groups in total. The molecular formula is C17H22N4. The summed E-state index contributed by atoms with van der Waals surface area (Å²) in [5.74, 6) is 1.05. The normalized spacial score (nSPS) is 15.9. The molecule has 0 amide bonds. The molecule has 0 saturated carbocycles. The van der Waals surface area contributed by atoms with E-state index in [1.807, 2.05) is 6.92 Å². The van der Waals surface area contributed by atoms with Crippen LogP contribution >= 0.6 is 0 Å². The largest absolute Gasteiger partial charge is 0.370 e. The molecule has 2 heterocycles. The summed E-state index contributed by atoms with van der Waals surface area (Å²) in [6, 6.07) is 10.9. The van der Waals surface area contributed by atoms with Gasteiger partial charge in [-0.05, 0) is 32.4 Å². The van der Waals surface area contributed by atoms with E-state index in [4.69, 9.17) is 0 Å². The highest BCUT2D eigenvalue weighted by molar-refractivity contribution is 5.49. The Kier molecular flexibility index (Phi) is 4.04. The lowest BCUT2D eigenvalue weighted by molar-refractivity contribution is 0.794. The summed E-state index contributed by atoms with van der Waals surface area (Å²) in [6.45, 7) is 8.34. The van der Waals surface area contributed by atoms with Gasteiger partial charge < -0.3 is 9.80 Å². The second kappa shape index (κ2) is 6.12. The first-order valence-electron chi connectivity index (χ1n) is 7.57. The molecule has 1 aliphatic rings. The van der Waals surface area contributed by atoms with Gasteiger partial charge in [0.1, 0.15) is 12.1 Å². The Morgan fingerprint density at radius 3 is 2.33 bits per heavy atom. The molecule has 1 aliphatic heterocycles. The van der Waals surface area contributed by atoms with Gasteiger partial charge >= 0.3 is 0 Å². The first kappa shape index (κ1) is 13.9. The molecule has 0 atom stereocenters. The van der Waals surface area contributed by atoms with Crippen LogP contribution in [0.3, 0.4) is 0 Å². The van der Waals surface area contributed by atoms with Gasteiger partial charge in [-0.25, -0.2) is 9.97 Å². The maximum atomic E-state index is 4.41. The van der Waals surface area contributed by atoms with Crippen LogP contribution in [0.4, 0.5) is 11.5 Å². The summed E-state index contributed by atoms with van der Waals surface area (Å²) in [7, 11) is 0. The van der Waals surface area contributed by atoms with Gasteiger partial charge in [-0.2, -0.15) is 0 Å². The Labute approximate surface area is 126 Å². The lowest BCUT2D eigenvalue weighted by atomic mass is 10.2. The van der Waals surface area contributed by atoms with E-state index in [-0.39, 0.29) is 0 Å². The van der Waals surface area contributed by atoms with Gasteiger partial charge in [-0.3, -0.25) is 0 Å². The van der Waals surface area contributed by atoms with Crippen molar-refractivity contribution in [3.63, 3.8) is 0 Å². The lowest BCUT2D eigenvalue weighted by Gasteiger charge is -2.24. The summed E-state index contributed by atoms with van der Waals surface area (Å²) in [5, 5.41) is 0. The number of anilines is 2. The number of aryl methyl sites for hydroxylation is 2. The summed E-state index contributed by atoms with van der Waals surface area (Å²) in [5.41, 5.74) is 3.66. The van der Waals surface area contributed by atoms with E-state index in [1.54, 1.807) is 6.33 Å². The monoisotopic (exact) mass is 282 g/mol. The Balaban J connectivity index is 1.70. The predicted octanol–water partition coefficient (Wildman–Crippen LogP) is 2.81. The van der Waals surface area contributed by atoms with Gasteiger partial charge in [-0.15, -0.1) is 0 Å². The van der Waals surface area contributed by atoms with Gasteiger partial charge in [0.2, 0.25) is 0 Å². The Morgan fingerprint density at radius 2 is 1.57 bits per heavy atom. The maximum Gasteiger partial charge on any atom is 0.132 e. The van der Waals surface area contributed by atoms with Crippen molar-refractivity contribution in [3.8, 4) is 0 Å². The molecule has 0 spiro atoms. The summed E-state index contributed by atoms with van der Waals surface area (Å²) in [4.78, 5) is 13.4. The molecule has 1 aromatic carbocycles. The van der Waals surface area contributed by atoms with Gasteiger partial charge in [-0.1, -0.05) is 17.7 Å². The van der Waals surface area contributed by atoms with Crippen molar-refractivity contribution >= 4 is 11.5 Å². The van der Waals surface area contributed by atoms with Gasteiger partial charge in [0.25, 0.3) is 0 Å². The highest BCUT2D eigenvalue weighted by Crippen LogP contribution is 2.19. The van der Waals surface area contributed by atoms with E-state index in [2.05, 4.69) is 57.0 Å². The number of hydrogen-bond donors (Lipinski definition) is 0. The average molecular weight is 282 g/mol. The van der Waals surface area contributed by atoms with E-state index >= 15 is 0 Å². The van der Waals surface area contributed by atoms with Crippen LogP contribution in [-0.2, 0) is 0 Å². The second-order valence-electron chi connectivity index (χ2n) is 5.68. The Bertz CT molecular complexity index is 594. The zero-order valence-electron chi connectivity index (χ0n) is 12.8. The second-order valence-corrected chi connectivity index (χ2v) is 5.68. The average Bonchev–Trinajstić information content (AvgIpc) is 2.74. The van der Waals surface area contributed by atoms with Gasteiger partial charge in [0, 0.05) is 43.6 Å². The van der Waals surface area contributed by atoms with E-state index in [9.17, 15) is 0 Å². The smallest absolute Gasteiger partial charge is 0.132 e. The molecule has 0 unspecified atom stereocenters. The molecule has 4 nitrogen and oxygen atoms in total. The third-order valence-electron chi connectivity index (χ3n) is 4.01. The lowest BCUT2D eigenvalue weighted by Crippen LogP contribution is -2.31. The molecule has 2 aromatic rings. The number of nitrogens with zero attached hydrogens (tertiary/aromatic N) is 4. The van der Waals surface area contributed by atoms with Crippen molar-refractivity contribution in [2.24, 2.45) is 0 Å². The number of benzene rings is 1. The number of rotatable bonds is 2. The fourth-order valence-corrected chi connectivity index (χ4v) is 2.77. The summed E-state index contributed by atoms with van der Waals surface area (Å²) >= 11 is 0. The fraction of sp³-hybridized carbons (Fsp3) is 0.412. The topological polar surface area (TPSA) is 32.3 Å². The molecule has 21 heavy (non-hydrogen) atoms. The highest BCUT2D eigenvalue weighted by atomic mass is 15.2. The summed E-state index contributed by atoms with van der Waals surface area (Å²) < 4.78 is 0. The first-order valence-corrected chi connectivity index (χ1v) is 7.57. The molecule has 0 radical (unpaired) electrons. The molecule has 1 fully saturated rings. The minimum atomic E-state index is 1.00. The highest BCUT2D eigenvalue weighted by Gasteiger charge is 2.16. The van der Waals surface area contributed by atoms with Crippen molar-refractivity contribution in [1.82, 2.24) is 9.97 Å². The summed E-state index contributed by atoms with van der Waals surface area (Å²) in [6.07, 6.45) is 2.81. The molecule has 4 heteroatoms. The van der Waals surface area contributed by atoms with Crippen LogP contribution < -0.4 is 9.80 Å². The Morgan fingerprint density at radius 1 is 0.857 bits per heavy atom. The van der Waals surface area contributed by atoms with E-state index < -0.39 is 0 Å². The number of hydrogen-bond acceptors (Lipinski definition) is 4. The molecule has 0 aliphatic carbocycles.